The van der Waals surface area contributed by atoms with Crippen LogP contribution in [-0.2, 0) is 9.59 Å². The molecule has 1 heterocycles. The molecule has 0 aromatic heterocycles. The first-order chi connectivity index (χ1) is 7.30. The highest BCUT2D eigenvalue weighted by Gasteiger charge is 2.27. The number of likely N-dealkylation sites (tertiary alicyclic amines) is 1. The molecule has 2 amide bonds. The molecule has 0 radical (unpaired) electrons. The lowest BCUT2D eigenvalue weighted by Crippen LogP contribution is -2.51. The molecule has 0 aromatic carbocycles. The van der Waals surface area contributed by atoms with Crippen molar-refractivity contribution < 1.29 is 9.59 Å². The summed E-state index contributed by atoms with van der Waals surface area (Å²) in [6, 6.07) is 0.115. The minimum Gasteiger partial charge on any atom is -0.351 e. The molecule has 1 fully saturated rings. The van der Waals surface area contributed by atoms with Crippen molar-refractivity contribution in [2.24, 2.45) is 5.41 Å². The average molecular weight is 226 g/mol. The van der Waals surface area contributed by atoms with Crippen molar-refractivity contribution in [1.82, 2.24) is 10.2 Å². The van der Waals surface area contributed by atoms with E-state index in [0.29, 0.717) is 6.54 Å². The van der Waals surface area contributed by atoms with Gasteiger partial charge in [-0.15, -0.1) is 0 Å². The monoisotopic (exact) mass is 226 g/mol. The zero-order chi connectivity index (χ0) is 12.3. The normalized spacial score (nSPS) is 21.8. The molecular formula is C12H22N2O2. The highest BCUT2D eigenvalue weighted by molar-refractivity contribution is 5.81. The summed E-state index contributed by atoms with van der Waals surface area (Å²) in [5.74, 6) is 0.151. The van der Waals surface area contributed by atoms with E-state index in [-0.39, 0.29) is 23.3 Å². The third-order valence-electron chi connectivity index (χ3n) is 2.88. The van der Waals surface area contributed by atoms with Gasteiger partial charge in [-0.2, -0.15) is 0 Å². The Bertz CT molecular complexity index is 281. The molecule has 16 heavy (non-hydrogen) atoms. The van der Waals surface area contributed by atoms with Crippen LogP contribution in [0.4, 0.5) is 0 Å². The van der Waals surface area contributed by atoms with Crippen LogP contribution in [0.5, 0.6) is 0 Å². The number of piperidine rings is 1. The highest BCUT2D eigenvalue weighted by atomic mass is 16.2. The average Bonchev–Trinajstić information content (AvgIpc) is 2.16. The van der Waals surface area contributed by atoms with Crippen molar-refractivity contribution in [3.05, 3.63) is 0 Å². The van der Waals surface area contributed by atoms with E-state index >= 15 is 0 Å². The van der Waals surface area contributed by atoms with Gasteiger partial charge in [0.2, 0.25) is 11.8 Å². The van der Waals surface area contributed by atoms with Crippen molar-refractivity contribution in [1.29, 1.82) is 0 Å². The second-order valence-corrected chi connectivity index (χ2v) is 5.53. The molecule has 4 nitrogen and oxygen atoms in total. The molecule has 0 saturated carbocycles. The topological polar surface area (TPSA) is 49.4 Å². The van der Waals surface area contributed by atoms with Crippen LogP contribution >= 0.6 is 0 Å². The Hall–Kier alpha value is -1.06. The maximum Gasteiger partial charge on any atom is 0.225 e. The summed E-state index contributed by atoms with van der Waals surface area (Å²) >= 11 is 0. The van der Waals surface area contributed by atoms with Crippen molar-refractivity contribution >= 4 is 11.8 Å². The zero-order valence-electron chi connectivity index (χ0n) is 10.7. The Balaban J connectivity index is 2.49. The van der Waals surface area contributed by atoms with Crippen LogP contribution < -0.4 is 5.32 Å². The SMILES string of the molecule is CC(=O)N1CCCC(NC(=O)C(C)(C)C)C1. The molecule has 0 bridgehead atoms. The third kappa shape index (κ3) is 3.51. The number of nitrogens with zero attached hydrogens (tertiary/aromatic N) is 1. The predicted molar refractivity (Wildman–Crippen MR) is 62.9 cm³/mol. The van der Waals surface area contributed by atoms with Gasteiger partial charge in [-0.25, -0.2) is 0 Å². The minimum absolute atomic E-state index is 0.0582. The Morgan fingerprint density at radius 1 is 1.31 bits per heavy atom. The van der Waals surface area contributed by atoms with Gasteiger partial charge in [-0.1, -0.05) is 20.8 Å². The second kappa shape index (κ2) is 4.85. The summed E-state index contributed by atoms with van der Waals surface area (Å²) in [6.07, 6.45) is 1.93. The summed E-state index contributed by atoms with van der Waals surface area (Å²) in [5, 5.41) is 3.01. The van der Waals surface area contributed by atoms with Crippen LogP contribution in [0.3, 0.4) is 0 Å². The predicted octanol–water partition coefficient (Wildman–Crippen LogP) is 1.16. The summed E-state index contributed by atoms with van der Waals surface area (Å²) < 4.78 is 0. The van der Waals surface area contributed by atoms with Crippen LogP contribution in [0.25, 0.3) is 0 Å². The van der Waals surface area contributed by atoms with Crippen molar-refractivity contribution in [3.8, 4) is 0 Å². The Morgan fingerprint density at radius 3 is 2.44 bits per heavy atom. The third-order valence-corrected chi connectivity index (χ3v) is 2.88. The fourth-order valence-corrected chi connectivity index (χ4v) is 1.78. The summed E-state index contributed by atoms with van der Waals surface area (Å²) in [4.78, 5) is 24.8. The molecule has 1 unspecified atom stereocenters. The minimum atomic E-state index is -0.363. The van der Waals surface area contributed by atoms with Crippen molar-refractivity contribution in [2.75, 3.05) is 13.1 Å². The van der Waals surface area contributed by atoms with Gasteiger partial charge in [0.1, 0.15) is 0 Å². The first-order valence-corrected chi connectivity index (χ1v) is 5.87. The van der Waals surface area contributed by atoms with Gasteiger partial charge in [0.05, 0.1) is 0 Å². The quantitative estimate of drug-likeness (QED) is 0.729. The molecule has 0 aliphatic carbocycles. The largest absolute Gasteiger partial charge is 0.351 e. The first-order valence-electron chi connectivity index (χ1n) is 5.87. The molecule has 92 valence electrons. The number of nitrogens with one attached hydrogen (secondary N) is 1. The van der Waals surface area contributed by atoms with Crippen LogP contribution in [0, 0.1) is 5.41 Å². The van der Waals surface area contributed by atoms with Crippen molar-refractivity contribution in [3.63, 3.8) is 0 Å². The maximum atomic E-state index is 11.8. The molecule has 1 aliphatic rings. The van der Waals surface area contributed by atoms with E-state index in [2.05, 4.69) is 5.32 Å². The van der Waals surface area contributed by atoms with E-state index in [1.54, 1.807) is 11.8 Å². The molecule has 0 spiro atoms. The van der Waals surface area contributed by atoms with Crippen LogP contribution in [0.15, 0.2) is 0 Å². The van der Waals surface area contributed by atoms with E-state index in [9.17, 15) is 9.59 Å². The Labute approximate surface area is 97.4 Å². The molecule has 0 aromatic rings. The first kappa shape index (κ1) is 13.0. The number of carbonyl (C=O) groups excluding carboxylic acids is 2. The molecule has 4 heteroatoms. The Kier molecular flexibility index (Phi) is 3.94. The van der Waals surface area contributed by atoms with E-state index in [1.807, 2.05) is 20.8 Å². The van der Waals surface area contributed by atoms with Gasteiger partial charge < -0.3 is 10.2 Å². The van der Waals surface area contributed by atoms with E-state index in [4.69, 9.17) is 0 Å². The van der Waals surface area contributed by atoms with Crippen molar-refractivity contribution in [2.45, 2.75) is 46.6 Å². The lowest BCUT2D eigenvalue weighted by molar-refractivity contribution is -0.133. The van der Waals surface area contributed by atoms with Crippen LogP contribution in [-0.4, -0.2) is 35.8 Å². The number of hydrogen-bond acceptors (Lipinski definition) is 2. The van der Waals surface area contributed by atoms with Gasteiger partial charge in [0.15, 0.2) is 0 Å². The molecule has 1 aliphatic heterocycles. The smallest absolute Gasteiger partial charge is 0.225 e. The van der Waals surface area contributed by atoms with E-state index < -0.39 is 0 Å². The second-order valence-electron chi connectivity index (χ2n) is 5.53. The lowest BCUT2D eigenvalue weighted by Gasteiger charge is -2.34. The van der Waals surface area contributed by atoms with Crippen LogP contribution in [0.1, 0.15) is 40.5 Å². The van der Waals surface area contributed by atoms with Gasteiger partial charge in [0, 0.05) is 31.5 Å². The van der Waals surface area contributed by atoms with Gasteiger partial charge in [0.25, 0.3) is 0 Å². The summed E-state index contributed by atoms with van der Waals surface area (Å²) in [7, 11) is 0. The fourth-order valence-electron chi connectivity index (χ4n) is 1.78. The molecule has 1 saturated heterocycles. The fraction of sp³-hybridized carbons (Fsp3) is 0.833. The molecule has 1 atom stereocenters. The van der Waals surface area contributed by atoms with Crippen LogP contribution in [0.2, 0.25) is 0 Å². The number of carbonyl (C=O) groups is 2. The number of amides is 2. The van der Waals surface area contributed by atoms with Gasteiger partial charge >= 0.3 is 0 Å². The highest BCUT2D eigenvalue weighted by Crippen LogP contribution is 2.16. The Morgan fingerprint density at radius 2 is 1.94 bits per heavy atom. The zero-order valence-corrected chi connectivity index (χ0v) is 10.7. The molecular weight excluding hydrogens is 204 g/mol. The number of hydrogen-bond donors (Lipinski definition) is 1. The molecule has 1 N–H and O–H groups in total. The lowest BCUT2D eigenvalue weighted by atomic mass is 9.94. The maximum absolute atomic E-state index is 11.8. The summed E-state index contributed by atoms with van der Waals surface area (Å²) in [6.45, 7) is 8.73. The van der Waals surface area contributed by atoms with E-state index in [1.165, 1.54) is 0 Å². The van der Waals surface area contributed by atoms with Gasteiger partial charge in [-0.05, 0) is 12.8 Å². The number of rotatable bonds is 1. The van der Waals surface area contributed by atoms with E-state index in [0.717, 1.165) is 19.4 Å². The molecule has 1 rings (SSSR count). The summed E-state index contributed by atoms with van der Waals surface area (Å²) in [5.41, 5.74) is -0.363. The standard InChI is InChI=1S/C12H22N2O2/c1-9(15)14-7-5-6-10(8-14)13-11(16)12(2,3)4/h10H,5-8H2,1-4H3,(H,13,16). The van der Waals surface area contributed by atoms with Gasteiger partial charge in [-0.3, -0.25) is 9.59 Å².